The highest BCUT2D eigenvalue weighted by Gasteiger charge is 2.14. The van der Waals surface area contributed by atoms with Crippen molar-refractivity contribution < 1.29 is 0 Å². The zero-order chi connectivity index (χ0) is 14.7. The number of nitrogens with zero attached hydrogens (tertiary/aromatic N) is 4. The number of hydrogen-bond acceptors (Lipinski definition) is 4. The van der Waals surface area contributed by atoms with Gasteiger partial charge in [0, 0.05) is 18.8 Å². The van der Waals surface area contributed by atoms with Gasteiger partial charge in [-0.3, -0.25) is 0 Å². The van der Waals surface area contributed by atoms with Crippen molar-refractivity contribution in [2.75, 3.05) is 26.0 Å². The van der Waals surface area contributed by atoms with Crippen molar-refractivity contribution >= 4 is 11.6 Å². The zero-order valence-electron chi connectivity index (χ0n) is 13.1. The van der Waals surface area contributed by atoms with Crippen LogP contribution in [0.2, 0.25) is 0 Å². The molecule has 0 spiro atoms. The van der Waals surface area contributed by atoms with E-state index in [0.29, 0.717) is 17.9 Å². The number of aromatic nitrogens is 3. The summed E-state index contributed by atoms with van der Waals surface area (Å²) in [7, 11) is 4.19. The van der Waals surface area contributed by atoms with Crippen LogP contribution in [0.1, 0.15) is 25.8 Å². The SMILES string of the molecule is Cc1ccn2nc(NC(CC(C)C)CN(C)C)nc2c1. The fourth-order valence-electron chi connectivity index (χ4n) is 2.42. The van der Waals surface area contributed by atoms with Crippen molar-refractivity contribution in [3.63, 3.8) is 0 Å². The van der Waals surface area contributed by atoms with Crippen LogP contribution in [-0.2, 0) is 0 Å². The number of fused-ring (bicyclic) bond motifs is 1. The Hall–Kier alpha value is -1.62. The molecular formula is C15H25N5. The van der Waals surface area contributed by atoms with Crippen LogP contribution < -0.4 is 5.32 Å². The number of anilines is 1. The topological polar surface area (TPSA) is 45.5 Å². The van der Waals surface area contributed by atoms with E-state index in [0.717, 1.165) is 18.6 Å². The molecule has 110 valence electrons. The van der Waals surface area contributed by atoms with Crippen molar-refractivity contribution in [3.05, 3.63) is 23.9 Å². The van der Waals surface area contributed by atoms with E-state index >= 15 is 0 Å². The first-order valence-electron chi connectivity index (χ1n) is 7.18. The normalized spacial score (nSPS) is 13.3. The minimum Gasteiger partial charge on any atom is -0.349 e. The standard InChI is InChI=1S/C15H25N5/c1-11(2)8-13(10-19(4)5)16-15-17-14-9-12(3)6-7-20(14)18-15/h6-7,9,11,13H,8,10H2,1-5H3,(H,16,18). The summed E-state index contributed by atoms with van der Waals surface area (Å²) in [5, 5.41) is 7.95. The molecule has 20 heavy (non-hydrogen) atoms. The smallest absolute Gasteiger partial charge is 0.243 e. The molecule has 0 radical (unpaired) electrons. The van der Waals surface area contributed by atoms with Gasteiger partial charge in [-0.05, 0) is 51.1 Å². The summed E-state index contributed by atoms with van der Waals surface area (Å²) in [6.45, 7) is 7.53. The number of pyridine rings is 1. The van der Waals surface area contributed by atoms with Crippen molar-refractivity contribution in [2.24, 2.45) is 5.92 Å². The molecule has 0 amide bonds. The number of aryl methyl sites for hydroxylation is 1. The van der Waals surface area contributed by atoms with E-state index in [1.54, 1.807) is 0 Å². The summed E-state index contributed by atoms with van der Waals surface area (Å²) in [6.07, 6.45) is 3.05. The first-order chi connectivity index (χ1) is 9.44. The molecule has 0 saturated heterocycles. The third kappa shape index (κ3) is 3.93. The van der Waals surface area contributed by atoms with Crippen LogP contribution in [0.25, 0.3) is 5.65 Å². The number of nitrogens with one attached hydrogen (secondary N) is 1. The van der Waals surface area contributed by atoms with E-state index < -0.39 is 0 Å². The third-order valence-corrected chi connectivity index (χ3v) is 3.17. The van der Waals surface area contributed by atoms with Gasteiger partial charge in [-0.2, -0.15) is 4.98 Å². The van der Waals surface area contributed by atoms with Gasteiger partial charge in [0.15, 0.2) is 5.65 Å². The number of rotatable bonds is 6. The van der Waals surface area contributed by atoms with Crippen molar-refractivity contribution in [1.82, 2.24) is 19.5 Å². The largest absolute Gasteiger partial charge is 0.349 e. The fraction of sp³-hybridized carbons (Fsp3) is 0.600. The second-order valence-corrected chi connectivity index (χ2v) is 6.18. The lowest BCUT2D eigenvalue weighted by Crippen LogP contribution is -2.33. The molecule has 1 N–H and O–H groups in total. The lowest BCUT2D eigenvalue weighted by Gasteiger charge is -2.23. The van der Waals surface area contributed by atoms with Gasteiger partial charge in [-0.15, -0.1) is 5.10 Å². The Morgan fingerprint density at radius 2 is 2.10 bits per heavy atom. The van der Waals surface area contributed by atoms with Crippen LogP contribution in [0.3, 0.4) is 0 Å². The van der Waals surface area contributed by atoms with Crippen molar-refractivity contribution in [2.45, 2.75) is 33.2 Å². The molecule has 0 aliphatic rings. The van der Waals surface area contributed by atoms with Gasteiger partial charge < -0.3 is 10.2 Å². The monoisotopic (exact) mass is 275 g/mol. The highest BCUT2D eigenvalue weighted by Crippen LogP contribution is 2.12. The van der Waals surface area contributed by atoms with Gasteiger partial charge in [0.2, 0.25) is 5.95 Å². The quantitative estimate of drug-likeness (QED) is 0.879. The molecule has 5 nitrogen and oxygen atoms in total. The van der Waals surface area contributed by atoms with E-state index in [-0.39, 0.29) is 0 Å². The molecular weight excluding hydrogens is 250 g/mol. The predicted octanol–water partition coefficient (Wildman–Crippen LogP) is 2.43. The second kappa shape index (κ2) is 6.22. The summed E-state index contributed by atoms with van der Waals surface area (Å²) in [4.78, 5) is 6.74. The molecule has 0 aromatic carbocycles. The zero-order valence-corrected chi connectivity index (χ0v) is 13.1. The Kier molecular flexibility index (Phi) is 4.60. The molecule has 5 heteroatoms. The first kappa shape index (κ1) is 14.8. The van der Waals surface area contributed by atoms with Crippen LogP contribution in [0.4, 0.5) is 5.95 Å². The molecule has 1 atom stereocenters. The average Bonchev–Trinajstić information content (AvgIpc) is 2.68. The highest BCUT2D eigenvalue weighted by atomic mass is 15.3. The van der Waals surface area contributed by atoms with E-state index in [1.165, 1.54) is 5.56 Å². The average molecular weight is 275 g/mol. The molecule has 2 aromatic heterocycles. The van der Waals surface area contributed by atoms with E-state index in [1.807, 2.05) is 22.8 Å². The second-order valence-electron chi connectivity index (χ2n) is 6.18. The fourth-order valence-corrected chi connectivity index (χ4v) is 2.42. The molecule has 2 aromatic rings. The molecule has 0 aliphatic carbocycles. The molecule has 0 bridgehead atoms. The van der Waals surface area contributed by atoms with Gasteiger partial charge in [-0.1, -0.05) is 13.8 Å². The van der Waals surface area contributed by atoms with Crippen molar-refractivity contribution in [3.8, 4) is 0 Å². The summed E-state index contributed by atoms with van der Waals surface area (Å²) in [5.41, 5.74) is 2.09. The maximum absolute atomic E-state index is 4.55. The Labute approximate surface area is 121 Å². The van der Waals surface area contributed by atoms with Crippen molar-refractivity contribution in [1.29, 1.82) is 0 Å². The third-order valence-electron chi connectivity index (χ3n) is 3.17. The summed E-state index contributed by atoms with van der Waals surface area (Å²) < 4.78 is 1.82. The maximum atomic E-state index is 4.55. The molecule has 2 rings (SSSR count). The van der Waals surface area contributed by atoms with Crippen LogP contribution in [0.15, 0.2) is 18.3 Å². The summed E-state index contributed by atoms with van der Waals surface area (Å²) in [6, 6.07) is 4.45. The molecule has 0 saturated carbocycles. The lowest BCUT2D eigenvalue weighted by atomic mass is 10.0. The Morgan fingerprint density at radius 3 is 2.75 bits per heavy atom. The van der Waals surface area contributed by atoms with Crippen LogP contribution in [0.5, 0.6) is 0 Å². The predicted molar refractivity (Wildman–Crippen MR) is 83.1 cm³/mol. The van der Waals surface area contributed by atoms with Gasteiger partial charge in [0.1, 0.15) is 0 Å². The van der Waals surface area contributed by atoms with E-state index in [2.05, 4.69) is 55.2 Å². The number of likely N-dealkylation sites (N-methyl/N-ethyl adjacent to an activating group) is 1. The number of hydrogen-bond donors (Lipinski definition) is 1. The molecule has 0 aliphatic heterocycles. The van der Waals surface area contributed by atoms with E-state index in [4.69, 9.17) is 0 Å². The summed E-state index contributed by atoms with van der Waals surface area (Å²) in [5.74, 6) is 1.36. The van der Waals surface area contributed by atoms with Crippen LogP contribution >= 0.6 is 0 Å². The Balaban J connectivity index is 2.14. The highest BCUT2D eigenvalue weighted by molar-refractivity contribution is 5.45. The van der Waals surface area contributed by atoms with E-state index in [9.17, 15) is 0 Å². The van der Waals surface area contributed by atoms with Crippen LogP contribution in [0, 0.1) is 12.8 Å². The minimum absolute atomic E-state index is 0.364. The Morgan fingerprint density at radius 1 is 1.35 bits per heavy atom. The lowest BCUT2D eigenvalue weighted by molar-refractivity contribution is 0.355. The van der Waals surface area contributed by atoms with Crippen LogP contribution in [-0.4, -0.2) is 46.2 Å². The summed E-state index contributed by atoms with van der Waals surface area (Å²) >= 11 is 0. The maximum Gasteiger partial charge on any atom is 0.243 e. The molecule has 1 unspecified atom stereocenters. The van der Waals surface area contributed by atoms with Gasteiger partial charge in [0.05, 0.1) is 0 Å². The van der Waals surface area contributed by atoms with Gasteiger partial charge >= 0.3 is 0 Å². The molecule has 0 fully saturated rings. The minimum atomic E-state index is 0.364. The Bertz CT molecular complexity index is 548. The van der Waals surface area contributed by atoms with Gasteiger partial charge in [0.25, 0.3) is 0 Å². The first-order valence-corrected chi connectivity index (χ1v) is 7.18. The molecule has 2 heterocycles. The van der Waals surface area contributed by atoms with Gasteiger partial charge in [-0.25, -0.2) is 4.52 Å².